The molecule has 0 aromatic rings. The fraction of sp³-hybridized carbons (Fsp3) is 1.00. The van der Waals surface area contributed by atoms with Crippen molar-refractivity contribution >= 4 is 15.9 Å². The van der Waals surface area contributed by atoms with Gasteiger partial charge in [0, 0.05) is 18.5 Å². The zero-order chi connectivity index (χ0) is 15.3. The molecule has 4 heteroatoms. The smallest absolute Gasteiger partial charge is 0.0701 e. The van der Waals surface area contributed by atoms with Crippen molar-refractivity contribution in [3.05, 3.63) is 0 Å². The van der Waals surface area contributed by atoms with E-state index in [2.05, 4.69) is 43.6 Å². The largest absolute Gasteiger partial charge is 0.379 e. The molecule has 0 bridgehead atoms. The van der Waals surface area contributed by atoms with Gasteiger partial charge in [0.2, 0.25) is 0 Å². The van der Waals surface area contributed by atoms with Crippen molar-refractivity contribution < 1.29 is 14.2 Å². The summed E-state index contributed by atoms with van der Waals surface area (Å²) in [5, 5.41) is 1.02. The second-order valence-electron chi connectivity index (χ2n) is 5.88. The number of alkyl halides is 1. The fourth-order valence-electron chi connectivity index (χ4n) is 1.60. The summed E-state index contributed by atoms with van der Waals surface area (Å²) in [5.41, 5.74) is 0.313. The molecule has 20 heavy (non-hydrogen) atoms. The van der Waals surface area contributed by atoms with Crippen molar-refractivity contribution in [3.63, 3.8) is 0 Å². The average Bonchev–Trinajstić information content (AvgIpc) is 2.44. The van der Waals surface area contributed by atoms with E-state index in [0.29, 0.717) is 37.8 Å². The zero-order valence-corrected chi connectivity index (χ0v) is 15.3. The van der Waals surface area contributed by atoms with Gasteiger partial charge in [0.25, 0.3) is 0 Å². The van der Waals surface area contributed by atoms with E-state index in [9.17, 15) is 0 Å². The molecule has 0 spiro atoms. The highest BCUT2D eigenvalue weighted by atomic mass is 79.9. The highest BCUT2D eigenvalue weighted by Gasteiger charge is 2.26. The van der Waals surface area contributed by atoms with E-state index in [1.54, 1.807) is 0 Å². The molecule has 0 aliphatic heterocycles. The molecule has 1 unspecified atom stereocenters. The predicted molar refractivity (Wildman–Crippen MR) is 88.7 cm³/mol. The van der Waals surface area contributed by atoms with Gasteiger partial charge in [-0.25, -0.2) is 0 Å². The maximum atomic E-state index is 5.64. The molecule has 0 aromatic carbocycles. The number of unbranched alkanes of at least 4 members (excludes halogenated alkanes) is 1. The van der Waals surface area contributed by atoms with Gasteiger partial charge in [-0.2, -0.15) is 0 Å². The minimum absolute atomic E-state index is 0.313. The lowest BCUT2D eigenvalue weighted by atomic mass is 9.78. The van der Waals surface area contributed by atoms with Crippen LogP contribution in [-0.2, 0) is 14.2 Å². The van der Waals surface area contributed by atoms with Crippen molar-refractivity contribution in [2.75, 3.05) is 45.0 Å². The molecule has 0 saturated heterocycles. The van der Waals surface area contributed by atoms with Crippen LogP contribution < -0.4 is 0 Å². The lowest BCUT2D eigenvalue weighted by Crippen LogP contribution is -2.27. The van der Waals surface area contributed by atoms with Gasteiger partial charge < -0.3 is 14.2 Å². The molecule has 0 aliphatic rings. The van der Waals surface area contributed by atoms with Crippen LogP contribution in [-0.4, -0.2) is 45.0 Å². The van der Waals surface area contributed by atoms with Crippen molar-refractivity contribution in [1.82, 2.24) is 0 Å². The van der Waals surface area contributed by atoms with Gasteiger partial charge in [0.05, 0.1) is 26.4 Å². The Balaban J connectivity index is 3.32. The van der Waals surface area contributed by atoms with Gasteiger partial charge >= 0.3 is 0 Å². The lowest BCUT2D eigenvalue weighted by Gasteiger charge is -2.31. The van der Waals surface area contributed by atoms with Crippen LogP contribution in [0.15, 0.2) is 0 Å². The van der Waals surface area contributed by atoms with Crippen LogP contribution in [0, 0.1) is 11.3 Å². The quantitative estimate of drug-likeness (QED) is 0.345. The zero-order valence-electron chi connectivity index (χ0n) is 13.8. The van der Waals surface area contributed by atoms with Crippen LogP contribution in [0.3, 0.4) is 0 Å². The summed E-state index contributed by atoms with van der Waals surface area (Å²) in [6, 6.07) is 0. The van der Waals surface area contributed by atoms with Crippen LogP contribution in [0.2, 0.25) is 0 Å². The van der Waals surface area contributed by atoms with Gasteiger partial charge in [-0.15, -0.1) is 0 Å². The maximum absolute atomic E-state index is 5.64. The third-order valence-electron chi connectivity index (χ3n) is 3.90. The van der Waals surface area contributed by atoms with E-state index in [1.807, 2.05) is 0 Å². The van der Waals surface area contributed by atoms with E-state index < -0.39 is 0 Å². The number of ether oxygens (including phenoxy) is 3. The Morgan fingerprint density at radius 2 is 1.40 bits per heavy atom. The second kappa shape index (κ2) is 13.1. The van der Waals surface area contributed by atoms with Crippen molar-refractivity contribution in [2.24, 2.45) is 11.3 Å². The van der Waals surface area contributed by atoms with E-state index in [1.165, 1.54) is 6.42 Å². The summed E-state index contributed by atoms with van der Waals surface area (Å²) in [4.78, 5) is 0. The first kappa shape index (κ1) is 20.4. The molecule has 0 saturated carbocycles. The monoisotopic (exact) mass is 352 g/mol. The molecular formula is C16H33BrO3. The van der Waals surface area contributed by atoms with Crippen LogP contribution in [0.4, 0.5) is 0 Å². The van der Waals surface area contributed by atoms with E-state index in [-0.39, 0.29) is 0 Å². The van der Waals surface area contributed by atoms with Gasteiger partial charge in [-0.05, 0) is 24.2 Å². The maximum Gasteiger partial charge on any atom is 0.0701 e. The highest BCUT2D eigenvalue weighted by molar-refractivity contribution is 9.09. The normalized spacial score (nSPS) is 14.7. The van der Waals surface area contributed by atoms with Crippen molar-refractivity contribution in [2.45, 2.75) is 47.0 Å². The van der Waals surface area contributed by atoms with Crippen molar-refractivity contribution in [1.29, 1.82) is 0 Å². The first-order valence-electron chi connectivity index (χ1n) is 7.86. The van der Waals surface area contributed by atoms with Gasteiger partial charge in [-0.3, -0.25) is 0 Å². The average molecular weight is 353 g/mol. The molecule has 0 fully saturated rings. The Morgan fingerprint density at radius 3 is 1.85 bits per heavy atom. The highest BCUT2D eigenvalue weighted by Crippen LogP contribution is 2.32. The third-order valence-corrected chi connectivity index (χ3v) is 5.18. The van der Waals surface area contributed by atoms with E-state index >= 15 is 0 Å². The molecule has 1 atom stereocenters. The molecule has 0 amide bonds. The number of halogens is 1. The Labute approximate surface area is 133 Å². The molecule has 0 N–H and O–H groups in total. The molecule has 0 radical (unpaired) electrons. The number of hydrogen-bond acceptors (Lipinski definition) is 3. The SMILES string of the molecule is CCCCOCCOCCOCCC(C)(CBr)C(C)C. The lowest BCUT2D eigenvalue weighted by molar-refractivity contribution is 0.00749. The first-order chi connectivity index (χ1) is 9.56. The third kappa shape index (κ3) is 10.1. The molecule has 0 aromatic heterocycles. The van der Waals surface area contributed by atoms with Gasteiger partial charge in [0.1, 0.15) is 0 Å². The Bertz CT molecular complexity index is 212. The number of hydrogen-bond donors (Lipinski definition) is 0. The second-order valence-corrected chi connectivity index (χ2v) is 6.44. The number of rotatable bonds is 14. The minimum Gasteiger partial charge on any atom is -0.379 e. The molecule has 0 rings (SSSR count). The summed E-state index contributed by atoms with van der Waals surface area (Å²) in [7, 11) is 0. The summed E-state index contributed by atoms with van der Waals surface area (Å²) in [6.45, 7) is 13.3. The van der Waals surface area contributed by atoms with Crippen LogP contribution in [0.5, 0.6) is 0 Å². The topological polar surface area (TPSA) is 27.7 Å². The van der Waals surface area contributed by atoms with E-state index in [0.717, 1.165) is 31.4 Å². The summed E-state index contributed by atoms with van der Waals surface area (Å²) in [5.74, 6) is 0.655. The molecule has 122 valence electrons. The Morgan fingerprint density at radius 1 is 0.900 bits per heavy atom. The van der Waals surface area contributed by atoms with Crippen molar-refractivity contribution in [3.8, 4) is 0 Å². The Kier molecular flexibility index (Phi) is 13.3. The van der Waals surface area contributed by atoms with Gasteiger partial charge in [0.15, 0.2) is 0 Å². The molecule has 0 heterocycles. The predicted octanol–water partition coefficient (Wildman–Crippen LogP) is 4.28. The fourth-order valence-corrected chi connectivity index (χ4v) is 2.53. The molecule has 0 aliphatic carbocycles. The first-order valence-corrected chi connectivity index (χ1v) is 8.98. The van der Waals surface area contributed by atoms with Crippen LogP contribution in [0.1, 0.15) is 47.0 Å². The minimum atomic E-state index is 0.313. The summed E-state index contributed by atoms with van der Waals surface area (Å²) >= 11 is 3.61. The molecular weight excluding hydrogens is 320 g/mol. The summed E-state index contributed by atoms with van der Waals surface area (Å²) < 4.78 is 16.5. The standard InChI is InChI=1S/C16H33BrO3/c1-5-6-8-18-10-12-20-13-11-19-9-7-16(4,14-17)15(2)3/h15H,5-14H2,1-4H3. The summed E-state index contributed by atoms with van der Waals surface area (Å²) in [6.07, 6.45) is 3.39. The van der Waals surface area contributed by atoms with E-state index in [4.69, 9.17) is 14.2 Å². The Hall–Kier alpha value is 0.360. The molecule has 3 nitrogen and oxygen atoms in total. The van der Waals surface area contributed by atoms with Crippen LogP contribution in [0.25, 0.3) is 0 Å². The van der Waals surface area contributed by atoms with Gasteiger partial charge in [-0.1, -0.05) is 50.0 Å². The van der Waals surface area contributed by atoms with Crippen LogP contribution >= 0.6 is 15.9 Å².